The molecular weight excluding hydrogens is 206 g/mol. The van der Waals surface area contributed by atoms with Crippen molar-refractivity contribution in [2.24, 2.45) is 0 Å². The van der Waals surface area contributed by atoms with E-state index in [0.29, 0.717) is 5.56 Å². The molecule has 1 amide bonds. The fourth-order valence-electron chi connectivity index (χ4n) is 1.65. The van der Waals surface area contributed by atoms with E-state index in [2.05, 4.69) is 17.9 Å². The molecule has 0 bridgehead atoms. The van der Waals surface area contributed by atoms with E-state index in [0.717, 1.165) is 15.7 Å². The van der Waals surface area contributed by atoms with Crippen molar-refractivity contribution in [1.29, 1.82) is 0 Å². The van der Waals surface area contributed by atoms with Gasteiger partial charge >= 0.3 is 0 Å². The van der Waals surface area contributed by atoms with Crippen molar-refractivity contribution in [3.8, 4) is 0 Å². The minimum atomic E-state index is -0.0814. The number of nitrogens with one attached hydrogen (secondary N) is 1. The Morgan fingerprint density at radius 1 is 1.20 bits per heavy atom. The molecule has 0 unspecified atom stereocenters. The molecule has 2 nitrogen and oxygen atoms in total. The Kier molecular flexibility index (Phi) is 2.64. The lowest BCUT2D eigenvalue weighted by molar-refractivity contribution is 0.0964. The number of thiol groups is 1. The van der Waals surface area contributed by atoms with Gasteiger partial charge in [0.05, 0.1) is 0 Å². The van der Waals surface area contributed by atoms with Crippen LogP contribution in [-0.2, 0) is 0 Å². The first-order valence-electron chi connectivity index (χ1n) is 4.67. The van der Waals surface area contributed by atoms with Crippen molar-refractivity contribution in [1.82, 2.24) is 5.32 Å². The molecule has 0 aliphatic heterocycles. The van der Waals surface area contributed by atoms with Gasteiger partial charge in [-0.3, -0.25) is 4.79 Å². The van der Waals surface area contributed by atoms with Crippen molar-refractivity contribution in [3.63, 3.8) is 0 Å². The Labute approximate surface area is 93.7 Å². The van der Waals surface area contributed by atoms with Crippen LogP contribution in [0.1, 0.15) is 10.4 Å². The van der Waals surface area contributed by atoms with E-state index in [1.807, 2.05) is 30.3 Å². The molecule has 0 saturated heterocycles. The minimum Gasteiger partial charge on any atom is -0.355 e. The number of amides is 1. The lowest BCUT2D eigenvalue weighted by Crippen LogP contribution is -2.18. The predicted molar refractivity (Wildman–Crippen MR) is 64.6 cm³/mol. The van der Waals surface area contributed by atoms with Gasteiger partial charge in [0.2, 0.25) is 0 Å². The molecular formula is C12H11NOS. The lowest BCUT2D eigenvalue weighted by atomic mass is 10.0. The first kappa shape index (κ1) is 10.1. The Morgan fingerprint density at radius 2 is 1.87 bits per heavy atom. The summed E-state index contributed by atoms with van der Waals surface area (Å²) in [6.45, 7) is 0. The molecule has 2 aromatic rings. The van der Waals surface area contributed by atoms with Gasteiger partial charge in [0.1, 0.15) is 0 Å². The zero-order chi connectivity index (χ0) is 10.8. The monoisotopic (exact) mass is 217 g/mol. The van der Waals surface area contributed by atoms with Crippen LogP contribution in [0.3, 0.4) is 0 Å². The standard InChI is InChI=1S/C12H11NOS/c1-13-12(14)9-6-2-4-8-5-3-7-10(15)11(8)9/h2-7,15H,1H3,(H,13,14). The van der Waals surface area contributed by atoms with Crippen molar-refractivity contribution >= 4 is 29.3 Å². The van der Waals surface area contributed by atoms with Gasteiger partial charge in [0, 0.05) is 22.9 Å². The lowest BCUT2D eigenvalue weighted by Gasteiger charge is -2.07. The number of hydrogen-bond donors (Lipinski definition) is 2. The van der Waals surface area contributed by atoms with Gasteiger partial charge in [-0.1, -0.05) is 24.3 Å². The number of carbonyl (C=O) groups is 1. The van der Waals surface area contributed by atoms with E-state index < -0.39 is 0 Å². The second kappa shape index (κ2) is 3.95. The molecule has 0 atom stereocenters. The number of carbonyl (C=O) groups excluding carboxylic acids is 1. The fraction of sp³-hybridized carbons (Fsp3) is 0.0833. The quantitative estimate of drug-likeness (QED) is 0.706. The van der Waals surface area contributed by atoms with Gasteiger partial charge in [-0.2, -0.15) is 0 Å². The van der Waals surface area contributed by atoms with E-state index in [1.54, 1.807) is 13.1 Å². The predicted octanol–water partition coefficient (Wildman–Crippen LogP) is 2.49. The number of hydrogen-bond acceptors (Lipinski definition) is 2. The number of fused-ring (bicyclic) bond motifs is 1. The molecule has 76 valence electrons. The summed E-state index contributed by atoms with van der Waals surface area (Å²) in [4.78, 5) is 12.5. The average molecular weight is 217 g/mol. The zero-order valence-corrected chi connectivity index (χ0v) is 9.21. The molecule has 2 rings (SSSR count). The van der Waals surface area contributed by atoms with Gasteiger partial charge in [-0.05, 0) is 17.5 Å². The van der Waals surface area contributed by atoms with Crippen molar-refractivity contribution in [3.05, 3.63) is 42.0 Å². The van der Waals surface area contributed by atoms with Crippen molar-refractivity contribution < 1.29 is 4.79 Å². The molecule has 1 N–H and O–H groups in total. The molecule has 0 fully saturated rings. The zero-order valence-electron chi connectivity index (χ0n) is 8.32. The highest BCUT2D eigenvalue weighted by Gasteiger charge is 2.09. The minimum absolute atomic E-state index is 0.0814. The average Bonchev–Trinajstić information content (AvgIpc) is 2.28. The van der Waals surface area contributed by atoms with Crippen LogP contribution in [0.25, 0.3) is 10.8 Å². The van der Waals surface area contributed by atoms with Crippen LogP contribution >= 0.6 is 12.6 Å². The SMILES string of the molecule is CNC(=O)c1cccc2cccc(S)c12. The van der Waals surface area contributed by atoms with Crippen LogP contribution in [0.4, 0.5) is 0 Å². The summed E-state index contributed by atoms with van der Waals surface area (Å²) < 4.78 is 0. The molecule has 0 aliphatic carbocycles. The third kappa shape index (κ3) is 1.70. The Bertz CT molecular complexity index is 517. The highest BCUT2D eigenvalue weighted by molar-refractivity contribution is 7.80. The third-order valence-corrected chi connectivity index (χ3v) is 2.73. The maximum Gasteiger partial charge on any atom is 0.251 e. The Morgan fingerprint density at radius 3 is 2.53 bits per heavy atom. The summed E-state index contributed by atoms with van der Waals surface area (Å²) in [5, 5.41) is 4.56. The topological polar surface area (TPSA) is 29.1 Å². The summed E-state index contributed by atoms with van der Waals surface area (Å²) >= 11 is 4.37. The maximum atomic E-state index is 11.6. The van der Waals surface area contributed by atoms with E-state index in [4.69, 9.17) is 0 Å². The van der Waals surface area contributed by atoms with Crippen molar-refractivity contribution in [2.45, 2.75) is 4.90 Å². The first-order valence-corrected chi connectivity index (χ1v) is 5.11. The highest BCUT2D eigenvalue weighted by Crippen LogP contribution is 2.25. The maximum absolute atomic E-state index is 11.6. The normalized spacial score (nSPS) is 10.3. The van der Waals surface area contributed by atoms with Gasteiger partial charge in [-0.25, -0.2) is 0 Å². The van der Waals surface area contributed by atoms with Crippen LogP contribution in [0.5, 0.6) is 0 Å². The van der Waals surface area contributed by atoms with E-state index in [9.17, 15) is 4.79 Å². The number of benzene rings is 2. The molecule has 0 radical (unpaired) electrons. The van der Waals surface area contributed by atoms with Gasteiger partial charge in [0.15, 0.2) is 0 Å². The molecule has 3 heteroatoms. The second-order valence-corrected chi connectivity index (χ2v) is 3.74. The Balaban J connectivity index is 2.80. The Hall–Kier alpha value is -1.48. The van der Waals surface area contributed by atoms with Crippen LogP contribution in [-0.4, -0.2) is 13.0 Å². The first-order chi connectivity index (χ1) is 7.24. The van der Waals surface area contributed by atoms with Crippen LogP contribution in [0.15, 0.2) is 41.3 Å². The smallest absolute Gasteiger partial charge is 0.251 e. The summed E-state index contributed by atoms with van der Waals surface area (Å²) in [6.07, 6.45) is 0. The molecule has 0 aliphatic rings. The van der Waals surface area contributed by atoms with Crippen LogP contribution in [0, 0.1) is 0 Å². The van der Waals surface area contributed by atoms with Crippen molar-refractivity contribution in [2.75, 3.05) is 7.05 Å². The largest absolute Gasteiger partial charge is 0.355 e. The fourth-order valence-corrected chi connectivity index (χ4v) is 1.98. The molecule has 2 aromatic carbocycles. The molecule has 0 spiro atoms. The molecule has 0 aromatic heterocycles. The van der Waals surface area contributed by atoms with Crippen LogP contribution < -0.4 is 5.32 Å². The third-order valence-electron chi connectivity index (χ3n) is 2.35. The summed E-state index contributed by atoms with van der Waals surface area (Å²) in [6, 6.07) is 11.4. The highest BCUT2D eigenvalue weighted by atomic mass is 32.1. The van der Waals surface area contributed by atoms with Gasteiger partial charge in [-0.15, -0.1) is 12.6 Å². The summed E-state index contributed by atoms with van der Waals surface area (Å²) in [5.74, 6) is -0.0814. The number of rotatable bonds is 1. The summed E-state index contributed by atoms with van der Waals surface area (Å²) in [7, 11) is 1.63. The molecule has 0 saturated carbocycles. The van der Waals surface area contributed by atoms with Gasteiger partial charge in [0.25, 0.3) is 5.91 Å². The van der Waals surface area contributed by atoms with E-state index in [-0.39, 0.29) is 5.91 Å². The van der Waals surface area contributed by atoms with E-state index in [1.165, 1.54) is 0 Å². The molecule has 0 heterocycles. The van der Waals surface area contributed by atoms with Gasteiger partial charge < -0.3 is 5.32 Å². The molecule has 15 heavy (non-hydrogen) atoms. The summed E-state index contributed by atoms with van der Waals surface area (Å²) in [5.41, 5.74) is 0.667. The van der Waals surface area contributed by atoms with Crippen LogP contribution in [0.2, 0.25) is 0 Å². The van der Waals surface area contributed by atoms with E-state index >= 15 is 0 Å². The second-order valence-electron chi connectivity index (χ2n) is 3.26.